The van der Waals surface area contributed by atoms with Crippen molar-refractivity contribution in [3.05, 3.63) is 17.0 Å². The van der Waals surface area contributed by atoms with E-state index in [1.165, 1.54) is 11.3 Å². The van der Waals surface area contributed by atoms with Gasteiger partial charge in [0.15, 0.2) is 0 Å². The second kappa shape index (κ2) is 7.35. The highest BCUT2D eigenvalue weighted by Gasteiger charge is 2.27. The van der Waals surface area contributed by atoms with Crippen LogP contribution in [-0.2, 0) is 21.2 Å². The number of amides is 1. The summed E-state index contributed by atoms with van der Waals surface area (Å²) < 4.78 is 26.9. The Labute approximate surface area is 129 Å². The van der Waals surface area contributed by atoms with Crippen molar-refractivity contribution < 1.29 is 13.2 Å². The fraction of sp³-hybridized carbons (Fsp3) is 0.615. The van der Waals surface area contributed by atoms with E-state index in [1.807, 2.05) is 6.07 Å². The second-order valence-electron chi connectivity index (χ2n) is 4.99. The van der Waals surface area contributed by atoms with Crippen LogP contribution in [0.3, 0.4) is 0 Å². The number of sulfonamides is 1. The first-order valence-electron chi connectivity index (χ1n) is 7.09. The fourth-order valence-electron chi connectivity index (χ4n) is 2.26. The lowest BCUT2D eigenvalue weighted by Crippen LogP contribution is -2.35. The monoisotopic (exact) mass is 331 g/mol. The van der Waals surface area contributed by atoms with Gasteiger partial charge >= 0.3 is 0 Å². The molecule has 2 heterocycles. The summed E-state index contributed by atoms with van der Waals surface area (Å²) in [6.07, 6.45) is 3.58. The zero-order valence-corrected chi connectivity index (χ0v) is 13.5. The molecule has 0 aromatic carbocycles. The van der Waals surface area contributed by atoms with E-state index in [0.717, 1.165) is 24.1 Å². The van der Waals surface area contributed by atoms with E-state index in [4.69, 9.17) is 5.73 Å². The van der Waals surface area contributed by atoms with Gasteiger partial charge in [-0.15, -0.1) is 11.3 Å². The minimum atomic E-state index is -3.34. The van der Waals surface area contributed by atoms with E-state index in [-0.39, 0.29) is 12.5 Å². The Kier molecular flexibility index (Phi) is 5.74. The molecular formula is C13H21N3O3S2. The number of piperidine rings is 1. The Hall–Kier alpha value is -0.960. The van der Waals surface area contributed by atoms with Crippen LogP contribution in [-0.4, -0.2) is 44.8 Å². The lowest BCUT2D eigenvalue weighted by atomic mass is 10.2. The first-order valence-corrected chi connectivity index (χ1v) is 9.35. The third-order valence-corrected chi connectivity index (χ3v) is 6.94. The van der Waals surface area contributed by atoms with Gasteiger partial charge < -0.3 is 11.1 Å². The second-order valence-corrected chi connectivity index (χ2v) is 8.32. The highest BCUT2D eigenvalue weighted by Crippen LogP contribution is 2.27. The van der Waals surface area contributed by atoms with Crippen LogP contribution < -0.4 is 11.1 Å². The number of rotatable bonds is 6. The van der Waals surface area contributed by atoms with Gasteiger partial charge in [-0.25, -0.2) is 8.42 Å². The summed E-state index contributed by atoms with van der Waals surface area (Å²) in [6, 6.07) is 3.48. The number of nitrogens with one attached hydrogen (secondary N) is 1. The zero-order valence-electron chi connectivity index (χ0n) is 11.9. The van der Waals surface area contributed by atoms with Gasteiger partial charge in [-0.05, 0) is 31.4 Å². The van der Waals surface area contributed by atoms with E-state index >= 15 is 0 Å². The van der Waals surface area contributed by atoms with Gasteiger partial charge in [0.05, 0.1) is 6.54 Å². The summed E-state index contributed by atoms with van der Waals surface area (Å²) >= 11 is 1.28. The number of hydrogen-bond donors (Lipinski definition) is 2. The number of nitrogens with two attached hydrogens (primary N) is 1. The topological polar surface area (TPSA) is 92.5 Å². The number of carbonyl (C=O) groups excluding carboxylic acids is 1. The molecule has 0 aliphatic carbocycles. The molecule has 1 aliphatic heterocycles. The lowest BCUT2D eigenvalue weighted by molar-refractivity contribution is -0.119. The standard InChI is InChI=1S/C13H21N3O3S2/c14-10-12(17)15-7-6-11-4-5-13(20-11)21(18,19)16-8-2-1-3-9-16/h4-5H,1-3,6-10,14H2,(H,15,17). The minimum Gasteiger partial charge on any atom is -0.355 e. The van der Waals surface area contributed by atoms with Crippen LogP contribution in [0.4, 0.5) is 0 Å². The molecule has 21 heavy (non-hydrogen) atoms. The molecule has 0 spiro atoms. The number of thiophene rings is 1. The predicted molar refractivity (Wildman–Crippen MR) is 82.7 cm³/mol. The molecule has 8 heteroatoms. The lowest BCUT2D eigenvalue weighted by Gasteiger charge is -2.25. The van der Waals surface area contributed by atoms with Gasteiger partial charge in [0.1, 0.15) is 4.21 Å². The summed E-state index contributed by atoms with van der Waals surface area (Å²) in [6.45, 7) is 1.67. The summed E-state index contributed by atoms with van der Waals surface area (Å²) in [5.41, 5.74) is 5.20. The summed E-state index contributed by atoms with van der Waals surface area (Å²) in [5, 5.41) is 2.68. The van der Waals surface area contributed by atoms with Crippen molar-refractivity contribution in [2.75, 3.05) is 26.2 Å². The van der Waals surface area contributed by atoms with Crippen molar-refractivity contribution >= 4 is 27.3 Å². The maximum absolute atomic E-state index is 12.5. The maximum atomic E-state index is 12.5. The van der Waals surface area contributed by atoms with Crippen molar-refractivity contribution in [2.45, 2.75) is 29.9 Å². The van der Waals surface area contributed by atoms with Crippen molar-refractivity contribution in [3.63, 3.8) is 0 Å². The van der Waals surface area contributed by atoms with E-state index in [9.17, 15) is 13.2 Å². The molecule has 1 saturated heterocycles. The normalized spacial score (nSPS) is 16.8. The first-order chi connectivity index (χ1) is 10.0. The van der Waals surface area contributed by atoms with Crippen LogP contribution in [0.2, 0.25) is 0 Å². The molecule has 1 aliphatic rings. The van der Waals surface area contributed by atoms with Crippen molar-refractivity contribution in [1.82, 2.24) is 9.62 Å². The quantitative estimate of drug-likeness (QED) is 0.796. The molecule has 3 N–H and O–H groups in total. The number of nitrogens with zero attached hydrogens (tertiary/aromatic N) is 1. The summed E-state index contributed by atoms with van der Waals surface area (Å²) in [7, 11) is -3.34. The van der Waals surface area contributed by atoms with E-state index < -0.39 is 10.0 Å². The predicted octanol–water partition coefficient (Wildman–Crippen LogP) is 0.540. The minimum absolute atomic E-state index is 0.0287. The van der Waals surface area contributed by atoms with E-state index in [0.29, 0.717) is 30.3 Å². The van der Waals surface area contributed by atoms with Crippen LogP contribution in [0.1, 0.15) is 24.1 Å². The molecule has 0 radical (unpaired) electrons. The SMILES string of the molecule is NCC(=O)NCCc1ccc(S(=O)(=O)N2CCCCC2)s1. The molecule has 0 bridgehead atoms. The van der Waals surface area contributed by atoms with Gasteiger partial charge in [0.2, 0.25) is 5.91 Å². The highest BCUT2D eigenvalue weighted by molar-refractivity contribution is 7.91. The zero-order chi connectivity index (χ0) is 15.3. The maximum Gasteiger partial charge on any atom is 0.252 e. The van der Waals surface area contributed by atoms with Gasteiger partial charge in [0.25, 0.3) is 10.0 Å². The fourth-order valence-corrected chi connectivity index (χ4v) is 5.29. The Balaban J connectivity index is 1.96. The van der Waals surface area contributed by atoms with E-state index in [1.54, 1.807) is 10.4 Å². The van der Waals surface area contributed by atoms with Crippen molar-refractivity contribution in [1.29, 1.82) is 0 Å². The van der Waals surface area contributed by atoms with Crippen molar-refractivity contribution in [3.8, 4) is 0 Å². The Morgan fingerprint density at radius 1 is 1.29 bits per heavy atom. The molecule has 0 saturated carbocycles. The Morgan fingerprint density at radius 3 is 2.67 bits per heavy atom. The smallest absolute Gasteiger partial charge is 0.252 e. The molecule has 1 aromatic rings. The average Bonchev–Trinajstić information content (AvgIpc) is 2.97. The van der Waals surface area contributed by atoms with E-state index in [2.05, 4.69) is 5.32 Å². The van der Waals surface area contributed by atoms with Gasteiger partial charge in [-0.1, -0.05) is 6.42 Å². The highest BCUT2D eigenvalue weighted by atomic mass is 32.2. The third kappa shape index (κ3) is 4.26. The number of carbonyl (C=O) groups is 1. The third-order valence-electron chi connectivity index (χ3n) is 3.43. The van der Waals surface area contributed by atoms with Crippen LogP contribution in [0.5, 0.6) is 0 Å². The Morgan fingerprint density at radius 2 is 2.00 bits per heavy atom. The van der Waals surface area contributed by atoms with Crippen LogP contribution in [0, 0.1) is 0 Å². The molecular weight excluding hydrogens is 310 g/mol. The van der Waals surface area contributed by atoms with Crippen LogP contribution in [0.15, 0.2) is 16.3 Å². The van der Waals surface area contributed by atoms with Crippen LogP contribution in [0.25, 0.3) is 0 Å². The molecule has 118 valence electrons. The first kappa shape index (κ1) is 16.4. The molecule has 1 amide bonds. The molecule has 0 atom stereocenters. The number of hydrogen-bond acceptors (Lipinski definition) is 5. The molecule has 0 unspecified atom stereocenters. The molecule has 1 fully saturated rings. The summed E-state index contributed by atoms with van der Waals surface area (Å²) in [4.78, 5) is 12.0. The molecule has 1 aromatic heterocycles. The van der Waals surface area contributed by atoms with Gasteiger partial charge in [-0.2, -0.15) is 4.31 Å². The Bertz CT molecular complexity index is 577. The van der Waals surface area contributed by atoms with Gasteiger partial charge in [0, 0.05) is 24.5 Å². The average molecular weight is 331 g/mol. The van der Waals surface area contributed by atoms with Gasteiger partial charge in [-0.3, -0.25) is 4.79 Å². The molecule has 2 rings (SSSR count). The summed E-state index contributed by atoms with van der Waals surface area (Å²) in [5.74, 6) is -0.201. The molecule has 6 nitrogen and oxygen atoms in total. The van der Waals surface area contributed by atoms with Crippen molar-refractivity contribution in [2.24, 2.45) is 5.73 Å². The van der Waals surface area contributed by atoms with Crippen LogP contribution >= 0.6 is 11.3 Å². The largest absolute Gasteiger partial charge is 0.355 e.